The molecule has 0 spiro atoms. The third-order valence-electron chi connectivity index (χ3n) is 2.90. The van der Waals surface area contributed by atoms with Crippen molar-refractivity contribution in [2.75, 3.05) is 0 Å². The van der Waals surface area contributed by atoms with E-state index in [2.05, 4.69) is 4.98 Å². The molecule has 3 heteroatoms. The van der Waals surface area contributed by atoms with Crippen LogP contribution >= 0.6 is 0 Å². The quantitative estimate of drug-likeness (QED) is 0.694. The number of aromatic nitrogens is 1. The van der Waals surface area contributed by atoms with Gasteiger partial charge >= 0.3 is 0 Å². The third kappa shape index (κ3) is 1.70. The molecule has 0 unspecified atom stereocenters. The van der Waals surface area contributed by atoms with Crippen molar-refractivity contribution in [1.82, 2.24) is 4.98 Å². The number of hydrogen-bond acceptors (Lipinski definition) is 1. The number of fused-ring (bicyclic) bond motifs is 1. The molecule has 0 aliphatic rings. The summed E-state index contributed by atoms with van der Waals surface area (Å²) in [5.74, 6) is -0.414. The largest absolute Gasteiger partial charge is 0.352 e. The molecule has 2 nitrogen and oxygen atoms in total. The SMILES string of the molecule is O=c1cc(-c2ccccc2)[nH]c2c(F)cccc12. The molecule has 0 bridgehead atoms. The molecule has 3 aromatic rings. The summed E-state index contributed by atoms with van der Waals surface area (Å²) in [7, 11) is 0. The number of rotatable bonds is 1. The molecule has 1 N–H and O–H groups in total. The fourth-order valence-electron chi connectivity index (χ4n) is 2.01. The lowest BCUT2D eigenvalue weighted by molar-refractivity contribution is 0.637. The second-order valence-corrected chi connectivity index (χ2v) is 4.08. The Hall–Kier alpha value is -2.42. The first-order chi connectivity index (χ1) is 8.75. The molecule has 1 heterocycles. The summed E-state index contributed by atoms with van der Waals surface area (Å²) >= 11 is 0. The van der Waals surface area contributed by atoms with Crippen LogP contribution in [0.15, 0.2) is 59.4 Å². The Labute approximate surface area is 103 Å². The van der Waals surface area contributed by atoms with Gasteiger partial charge in [0.2, 0.25) is 0 Å². The van der Waals surface area contributed by atoms with Crippen molar-refractivity contribution in [2.45, 2.75) is 0 Å². The van der Waals surface area contributed by atoms with Crippen LogP contribution in [-0.4, -0.2) is 4.98 Å². The van der Waals surface area contributed by atoms with E-state index in [0.717, 1.165) is 5.56 Å². The Morgan fingerprint density at radius 3 is 2.50 bits per heavy atom. The van der Waals surface area contributed by atoms with Gasteiger partial charge in [-0.15, -0.1) is 0 Å². The lowest BCUT2D eigenvalue weighted by Gasteiger charge is -2.05. The minimum absolute atomic E-state index is 0.179. The van der Waals surface area contributed by atoms with Gasteiger partial charge in [0.05, 0.1) is 5.52 Å². The predicted octanol–water partition coefficient (Wildman–Crippen LogP) is 3.33. The summed E-state index contributed by atoms with van der Waals surface area (Å²) in [5, 5.41) is 0.370. The van der Waals surface area contributed by atoms with Crippen LogP contribution in [0.5, 0.6) is 0 Å². The number of benzene rings is 2. The zero-order valence-corrected chi connectivity index (χ0v) is 9.48. The van der Waals surface area contributed by atoms with Gasteiger partial charge in [0.1, 0.15) is 5.82 Å². The maximum Gasteiger partial charge on any atom is 0.190 e. The number of halogens is 1. The maximum atomic E-state index is 13.7. The van der Waals surface area contributed by atoms with Crippen molar-refractivity contribution in [1.29, 1.82) is 0 Å². The molecule has 0 fully saturated rings. The second-order valence-electron chi connectivity index (χ2n) is 4.08. The van der Waals surface area contributed by atoms with E-state index in [9.17, 15) is 9.18 Å². The molecule has 0 amide bonds. The van der Waals surface area contributed by atoms with E-state index in [1.807, 2.05) is 30.3 Å². The zero-order chi connectivity index (χ0) is 12.5. The van der Waals surface area contributed by atoms with E-state index in [0.29, 0.717) is 11.1 Å². The first-order valence-electron chi connectivity index (χ1n) is 5.63. The molecular weight excluding hydrogens is 229 g/mol. The molecule has 0 radical (unpaired) electrons. The van der Waals surface area contributed by atoms with Gasteiger partial charge in [0.15, 0.2) is 5.43 Å². The molecule has 18 heavy (non-hydrogen) atoms. The normalized spacial score (nSPS) is 10.7. The summed E-state index contributed by atoms with van der Waals surface area (Å²) in [6.45, 7) is 0. The topological polar surface area (TPSA) is 32.9 Å². The lowest BCUT2D eigenvalue weighted by atomic mass is 10.1. The first-order valence-corrected chi connectivity index (χ1v) is 5.63. The van der Waals surface area contributed by atoms with Crippen LogP contribution in [0.2, 0.25) is 0 Å². The Morgan fingerprint density at radius 2 is 1.72 bits per heavy atom. The van der Waals surface area contributed by atoms with Crippen molar-refractivity contribution in [3.63, 3.8) is 0 Å². The average Bonchev–Trinajstić information content (AvgIpc) is 2.41. The third-order valence-corrected chi connectivity index (χ3v) is 2.90. The van der Waals surface area contributed by atoms with E-state index in [4.69, 9.17) is 0 Å². The summed E-state index contributed by atoms with van der Waals surface area (Å²) in [5.41, 5.74) is 1.56. The highest BCUT2D eigenvalue weighted by Crippen LogP contribution is 2.19. The summed E-state index contributed by atoms with van der Waals surface area (Å²) < 4.78 is 13.7. The van der Waals surface area contributed by atoms with Gasteiger partial charge in [-0.3, -0.25) is 4.79 Å². The van der Waals surface area contributed by atoms with Crippen LogP contribution in [0.3, 0.4) is 0 Å². The molecule has 88 valence electrons. The predicted molar refractivity (Wildman–Crippen MR) is 70.0 cm³/mol. The molecular formula is C15H10FNO. The first kappa shape index (κ1) is 10.7. The van der Waals surface area contributed by atoms with Gasteiger partial charge in [0, 0.05) is 17.1 Å². The van der Waals surface area contributed by atoms with Gasteiger partial charge in [-0.2, -0.15) is 0 Å². The van der Waals surface area contributed by atoms with Crippen molar-refractivity contribution < 1.29 is 4.39 Å². The monoisotopic (exact) mass is 239 g/mol. The molecule has 0 saturated heterocycles. The van der Waals surface area contributed by atoms with Gasteiger partial charge in [-0.25, -0.2) is 4.39 Å². The minimum Gasteiger partial charge on any atom is -0.352 e. The van der Waals surface area contributed by atoms with Crippen molar-refractivity contribution in [3.8, 4) is 11.3 Å². The lowest BCUT2D eigenvalue weighted by Crippen LogP contribution is -2.04. The molecule has 2 aromatic carbocycles. The van der Waals surface area contributed by atoms with Gasteiger partial charge in [-0.05, 0) is 17.7 Å². The minimum atomic E-state index is -0.414. The van der Waals surface area contributed by atoms with Crippen LogP contribution in [0.1, 0.15) is 0 Å². The smallest absolute Gasteiger partial charge is 0.190 e. The number of hydrogen-bond donors (Lipinski definition) is 1. The zero-order valence-electron chi connectivity index (χ0n) is 9.48. The highest BCUT2D eigenvalue weighted by molar-refractivity contribution is 5.81. The second kappa shape index (κ2) is 4.11. The van der Waals surface area contributed by atoms with Crippen molar-refractivity contribution >= 4 is 10.9 Å². The Morgan fingerprint density at radius 1 is 0.944 bits per heavy atom. The average molecular weight is 239 g/mol. The Kier molecular flexibility index (Phi) is 2.45. The molecule has 0 saturated carbocycles. The summed E-state index contributed by atoms with van der Waals surface area (Å²) in [6.07, 6.45) is 0. The van der Waals surface area contributed by atoms with Gasteiger partial charge in [-0.1, -0.05) is 36.4 Å². The molecule has 1 aromatic heterocycles. The van der Waals surface area contributed by atoms with Crippen LogP contribution in [0.4, 0.5) is 4.39 Å². The van der Waals surface area contributed by atoms with Crippen LogP contribution in [0, 0.1) is 5.82 Å². The fourth-order valence-corrected chi connectivity index (χ4v) is 2.01. The summed E-state index contributed by atoms with van der Waals surface area (Å²) in [6, 6.07) is 15.4. The van der Waals surface area contributed by atoms with Crippen LogP contribution in [0.25, 0.3) is 22.2 Å². The van der Waals surface area contributed by atoms with E-state index in [1.165, 1.54) is 18.2 Å². The molecule has 0 aliphatic carbocycles. The van der Waals surface area contributed by atoms with E-state index in [1.54, 1.807) is 6.07 Å². The maximum absolute atomic E-state index is 13.7. The Bertz CT molecular complexity index is 762. The van der Waals surface area contributed by atoms with Crippen molar-refractivity contribution in [2.24, 2.45) is 0 Å². The molecule has 0 aliphatic heterocycles. The van der Waals surface area contributed by atoms with Crippen molar-refractivity contribution in [3.05, 3.63) is 70.6 Å². The number of para-hydroxylation sites is 1. The number of aromatic amines is 1. The van der Waals surface area contributed by atoms with E-state index in [-0.39, 0.29) is 10.9 Å². The molecule has 3 rings (SSSR count). The number of nitrogens with one attached hydrogen (secondary N) is 1. The van der Waals surface area contributed by atoms with E-state index < -0.39 is 5.82 Å². The molecule has 0 atom stereocenters. The van der Waals surface area contributed by atoms with E-state index >= 15 is 0 Å². The van der Waals surface area contributed by atoms with Gasteiger partial charge in [0.25, 0.3) is 0 Å². The number of H-pyrrole nitrogens is 1. The fraction of sp³-hybridized carbons (Fsp3) is 0. The van der Waals surface area contributed by atoms with Gasteiger partial charge < -0.3 is 4.98 Å². The highest BCUT2D eigenvalue weighted by atomic mass is 19.1. The Balaban J connectivity index is 2.34. The highest BCUT2D eigenvalue weighted by Gasteiger charge is 2.06. The van der Waals surface area contributed by atoms with Crippen LogP contribution in [-0.2, 0) is 0 Å². The number of pyridine rings is 1. The summed E-state index contributed by atoms with van der Waals surface area (Å²) in [4.78, 5) is 14.9. The standard InChI is InChI=1S/C15H10FNO/c16-12-8-4-7-11-14(18)9-13(17-15(11)12)10-5-2-1-3-6-10/h1-9H,(H,17,18). The van der Waals surface area contributed by atoms with Crippen LogP contribution < -0.4 is 5.43 Å².